The molecule has 2 aliphatic heterocycles. The number of carbonyl (C=O) groups is 4. The second-order valence-electron chi connectivity index (χ2n) is 9.77. The molecule has 4 N–H and O–H groups in total. The molecule has 1 amide bonds. The number of phenolic OH excluding ortho intramolecular Hbond substituents is 2. The number of aryl methyl sites for hydroxylation is 1. The number of hydrogen-bond acceptors (Lipinski definition) is 8. The van der Waals surface area contributed by atoms with E-state index in [2.05, 4.69) is 10.6 Å². The number of Topliss-reactive ketones (excluding diaryl/α,β-unsaturated/α-hetero) is 2. The van der Waals surface area contributed by atoms with Crippen LogP contribution in [0.2, 0.25) is 0 Å². The molecule has 2 aromatic carbocycles. The molecule has 2 aromatic rings. The third-order valence-corrected chi connectivity index (χ3v) is 7.44. The van der Waals surface area contributed by atoms with Crippen molar-refractivity contribution in [3.05, 3.63) is 69.6 Å². The lowest BCUT2D eigenvalue weighted by molar-refractivity contribution is -0.124. The van der Waals surface area contributed by atoms with Gasteiger partial charge in [0.25, 0.3) is 0 Å². The fourth-order valence-electron chi connectivity index (χ4n) is 5.34. The molecular formula is C28H26N2O7. The summed E-state index contributed by atoms with van der Waals surface area (Å²) in [5.41, 5.74) is 0.0137. The number of amides is 1. The molecule has 2 heterocycles. The van der Waals surface area contributed by atoms with Gasteiger partial charge in [0.15, 0.2) is 17.3 Å². The maximum atomic E-state index is 13.9. The van der Waals surface area contributed by atoms with Gasteiger partial charge in [-0.15, -0.1) is 0 Å². The number of nitrogens with one attached hydrogen (secondary N) is 2. The average molecular weight is 503 g/mol. The largest absolute Gasteiger partial charge is 0.507 e. The zero-order chi connectivity index (χ0) is 26.8. The number of fused-ring (bicyclic) bond motifs is 4. The second-order valence-corrected chi connectivity index (χ2v) is 9.77. The summed E-state index contributed by atoms with van der Waals surface area (Å²) < 4.78 is 5.78. The van der Waals surface area contributed by atoms with Gasteiger partial charge in [-0.3, -0.25) is 19.2 Å². The number of benzene rings is 2. The summed E-state index contributed by atoms with van der Waals surface area (Å²) in [6.45, 7) is 5.71. The van der Waals surface area contributed by atoms with Crippen molar-refractivity contribution in [2.75, 3.05) is 5.32 Å². The average Bonchev–Trinajstić information content (AvgIpc) is 3.03. The summed E-state index contributed by atoms with van der Waals surface area (Å²) in [6.07, 6.45) is 2.21. The van der Waals surface area contributed by atoms with Crippen LogP contribution in [0.4, 0.5) is 5.69 Å². The number of ether oxygens (including phenoxy) is 1. The zero-order valence-corrected chi connectivity index (χ0v) is 20.8. The van der Waals surface area contributed by atoms with Gasteiger partial charge in [0.2, 0.25) is 5.91 Å². The van der Waals surface area contributed by atoms with E-state index in [9.17, 15) is 29.4 Å². The maximum Gasteiger partial charge on any atom is 0.246 e. The summed E-state index contributed by atoms with van der Waals surface area (Å²) in [5.74, 6) is -3.10. The standard InChI is InChI=1S/C28H26N2O7/c1-12-23(33)21(14(3)31)25-22(24(12)34)28(4)19(37-25)11-18(32)20(26(28)35)13(2)29-17-10-9-15-7-5-6-8-16(15)30-27(17)36/h5-8,11,17,29,33-34H,9-10H2,1-4H3,(H,30,36)/b20-13+/t17-,28-/m0/s1. The van der Waals surface area contributed by atoms with Crippen molar-refractivity contribution in [3.8, 4) is 17.2 Å². The number of anilines is 1. The van der Waals surface area contributed by atoms with Crippen LogP contribution in [0.15, 0.2) is 47.4 Å². The van der Waals surface area contributed by atoms with E-state index in [1.807, 2.05) is 24.3 Å². The van der Waals surface area contributed by atoms with Crippen LogP contribution in [0, 0.1) is 6.92 Å². The lowest BCUT2D eigenvalue weighted by Crippen LogP contribution is -2.44. The molecule has 2 atom stereocenters. The van der Waals surface area contributed by atoms with Crippen molar-refractivity contribution < 1.29 is 34.1 Å². The molecule has 3 aliphatic rings. The van der Waals surface area contributed by atoms with Crippen LogP contribution in [0.5, 0.6) is 17.2 Å². The predicted molar refractivity (Wildman–Crippen MR) is 134 cm³/mol. The molecule has 0 radical (unpaired) electrons. The lowest BCUT2D eigenvalue weighted by Gasteiger charge is -2.29. The second kappa shape index (κ2) is 8.33. The number of hydrogen-bond donors (Lipinski definition) is 4. The fourth-order valence-corrected chi connectivity index (χ4v) is 5.34. The van der Waals surface area contributed by atoms with E-state index in [4.69, 9.17) is 4.74 Å². The summed E-state index contributed by atoms with van der Waals surface area (Å²) >= 11 is 0. The molecule has 0 bridgehead atoms. The smallest absolute Gasteiger partial charge is 0.246 e. The third-order valence-electron chi connectivity index (χ3n) is 7.44. The molecule has 0 spiro atoms. The molecule has 0 saturated carbocycles. The van der Waals surface area contributed by atoms with E-state index in [-0.39, 0.29) is 45.4 Å². The van der Waals surface area contributed by atoms with Crippen LogP contribution < -0.4 is 15.4 Å². The van der Waals surface area contributed by atoms with Crippen LogP contribution in [-0.4, -0.2) is 39.5 Å². The summed E-state index contributed by atoms with van der Waals surface area (Å²) in [6, 6.07) is 6.79. The summed E-state index contributed by atoms with van der Waals surface area (Å²) in [4.78, 5) is 52.3. The Labute approximate surface area is 212 Å². The molecule has 37 heavy (non-hydrogen) atoms. The molecule has 9 heteroatoms. The summed E-state index contributed by atoms with van der Waals surface area (Å²) in [7, 11) is 0. The molecule has 5 rings (SSSR count). The predicted octanol–water partition coefficient (Wildman–Crippen LogP) is 3.11. The monoisotopic (exact) mass is 502 g/mol. The van der Waals surface area contributed by atoms with Crippen LogP contribution in [0.25, 0.3) is 0 Å². The highest BCUT2D eigenvalue weighted by molar-refractivity contribution is 6.31. The third kappa shape index (κ3) is 3.45. The van der Waals surface area contributed by atoms with E-state index in [0.29, 0.717) is 12.8 Å². The first-order valence-electron chi connectivity index (χ1n) is 11.9. The molecule has 0 fully saturated rings. The number of carbonyl (C=O) groups excluding carboxylic acids is 4. The van der Waals surface area contributed by atoms with Crippen LogP contribution in [0.1, 0.15) is 54.2 Å². The fraction of sp³-hybridized carbons (Fsp3) is 0.286. The molecule has 0 aromatic heterocycles. The molecule has 1 aliphatic carbocycles. The summed E-state index contributed by atoms with van der Waals surface area (Å²) in [5, 5.41) is 27.4. The molecular weight excluding hydrogens is 476 g/mol. The van der Waals surface area contributed by atoms with Gasteiger partial charge in [-0.25, -0.2) is 0 Å². The number of allylic oxidation sites excluding steroid dienone is 4. The minimum absolute atomic E-state index is 0.0182. The van der Waals surface area contributed by atoms with Gasteiger partial charge in [-0.2, -0.15) is 0 Å². The lowest BCUT2D eigenvalue weighted by atomic mass is 9.70. The van der Waals surface area contributed by atoms with Crippen molar-refractivity contribution >= 4 is 28.9 Å². The first-order chi connectivity index (χ1) is 17.5. The van der Waals surface area contributed by atoms with E-state index >= 15 is 0 Å². The number of rotatable bonds is 3. The Bertz CT molecular complexity index is 1500. The highest BCUT2D eigenvalue weighted by atomic mass is 16.5. The first-order valence-corrected chi connectivity index (χ1v) is 11.9. The molecule has 9 nitrogen and oxygen atoms in total. The van der Waals surface area contributed by atoms with E-state index in [1.165, 1.54) is 20.8 Å². The van der Waals surface area contributed by atoms with Gasteiger partial charge in [0.05, 0.1) is 11.1 Å². The Kier molecular flexibility index (Phi) is 5.47. The van der Waals surface area contributed by atoms with Gasteiger partial charge < -0.3 is 25.6 Å². The normalized spacial score (nSPS) is 23.6. The molecule has 0 saturated heterocycles. The van der Waals surface area contributed by atoms with Crippen molar-refractivity contribution in [3.63, 3.8) is 0 Å². The SMILES string of the molecule is CC(=O)c1c(O)c(C)c(O)c2c1OC1=CC(=O)/C(=C(/C)N[C@H]3CCc4ccccc4NC3=O)C(=O)[C@@]12C. The minimum atomic E-state index is -1.61. The first kappa shape index (κ1) is 24.3. The Balaban J connectivity index is 1.56. The Morgan fingerprint density at radius 2 is 1.84 bits per heavy atom. The Morgan fingerprint density at radius 3 is 2.54 bits per heavy atom. The van der Waals surface area contributed by atoms with Crippen LogP contribution >= 0.6 is 0 Å². The van der Waals surface area contributed by atoms with Crippen LogP contribution in [-0.2, 0) is 26.2 Å². The van der Waals surface area contributed by atoms with E-state index in [0.717, 1.165) is 17.3 Å². The topological polar surface area (TPSA) is 142 Å². The molecule has 0 unspecified atom stereocenters. The minimum Gasteiger partial charge on any atom is -0.507 e. The Morgan fingerprint density at radius 1 is 1.14 bits per heavy atom. The van der Waals surface area contributed by atoms with E-state index in [1.54, 1.807) is 6.92 Å². The molecule has 190 valence electrons. The van der Waals surface area contributed by atoms with Gasteiger partial charge in [0, 0.05) is 23.0 Å². The van der Waals surface area contributed by atoms with E-state index < -0.39 is 40.3 Å². The van der Waals surface area contributed by atoms with Crippen molar-refractivity contribution in [2.24, 2.45) is 0 Å². The maximum absolute atomic E-state index is 13.9. The van der Waals surface area contributed by atoms with Crippen molar-refractivity contribution in [2.45, 2.75) is 52.0 Å². The number of phenols is 2. The Hall–Kier alpha value is -4.40. The van der Waals surface area contributed by atoms with Crippen molar-refractivity contribution in [1.82, 2.24) is 5.32 Å². The highest BCUT2D eigenvalue weighted by Gasteiger charge is 2.56. The van der Waals surface area contributed by atoms with Gasteiger partial charge in [-0.05, 0) is 52.2 Å². The van der Waals surface area contributed by atoms with Gasteiger partial charge >= 0.3 is 0 Å². The zero-order valence-electron chi connectivity index (χ0n) is 20.8. The highest BCUT2D eigenvalue weighted by Crippen LogP contribution is 2.57. The number of ketones is 3. The van der Waals surface area contributed by atoms with Crippen molar-refractivity contribution in [1.29, 1.82) is 0 Å². The van der Waals surface area contributed by atoms with Gasteiger partial charge in [-0.1, -0.05) is 18.2 Å². The number of aromatic hydroxyl groups is 2. The van der Waals surface area contributed by atoms with Crippen LogP contribution in [0.3, 0.4) is 0 Å². The quantitative estimate of drug-likeness (QED) is 0.285. The number of para-hydroxylation sites is 1. The van der Waals surface area contributed by atoms with Gasteiger partial charge in [0.1, 0.15) is 40.0 Å².